The van der Waals surface area contributed by atoms with E-state index >= 15 is 0 Å². The van der Waals surface area contributed by atoms with E-state index < -0.39 is 5.97 Å². The number of hydrogen-bond acceptors (Lipinski definition) is 7. The van der Waals surface area contributed by atoms with E-state index in [0.29, 0.717) is 29.8 Å². The van der Waals surface area contributed by atoms with Crippen molar-refractivity contribution in [3.63, 3.8) is 0 Å². The first-order valence-corrected chi connectivity index (χ1v) is 8.72. The fourth-order valence-corrected chi connectivity index (χ4v) is 2.78. The van der Waals surface area contributed by atoms with Crippen LogP contribution in [0.4, 0.5) is 11.6 Å². The van der Waals surface area contributed by atoms with Crippen LogP contribution in [0.1, 0.15) is 21.6 Å². The highest BCUT2D eigenvalue weighted by molar-refractivity contribution is 5.87. The topological polar surface area (TPSA) is 120 Å². The van der Waals surface area contributed by atoms with Gasteiger partial charge in [-0.2, -0.15) is 5.26 Å². The maximum atomic E-state index is 10.9. The number of aromatic nitrogens is 2. The number of nitrogens with one attached hydrogen (secondary N) is 2. The first kappa shape index (κ1) is 18.0. The number of ether oxygens (including phenoxy) is 1. The summed E-state index contributed by atoms with van der Waals surface area (Å²) in [6.45, 7) is 0.405. The van der Waals surface area contributed by atoms with Crippen LogP contribution in [0.5, 0.6) is 5.75 Å². The van der Waals surface area contributed by atoms with E-state index in [1.165, 1.54) is 12.1 Å². The highest BCUT2D eigenvalue weighted by Crippen LogP contribution is 2.35. The van der Waals surface area contributed by atoms with E-state index in [1.807, 2.05) is 24.3 Å². The fraction of sp³-hybridized carbons (Fsp3) is 0.0476. The molecule has 2 aromatic carbocycles. The minimum absolute atomic E-state index is 0.224. The molecule has 0 saturated carbocycles. The Morgan fingerprint density at radius 2 is 1.97 bits per heavy atom. The molecular formula is C21H15N5O3. The molecule has 29 heavy (non-hydrogen) atoms. The average molecular weight is 385 g/mol. The number of nitriles is 1. The maximum Gasteiger partial charge on any atom is 0.335 e. The molecule has 1 aromatic heterocycles. The van der Waals surface area contributed by atoms with Gasteiger partial charge in [-0.05, 0) is 35.9 Å². The average Bonchev–Trinajstić information content (AvgIpc) is 3.17. The van der Waals surface area contributed by atoms with Gasteiger partial charge in [-0.3, -0.25) is 0 Å². The zero-order chi connectivity index (χ0) is 20.2. The molecular weight excluding hydrogens is 370 g/mol. The van der Waals surface area contributed by atoms with Gasteiger partial charge in [0.1, 0.15) is 11.6 Å². The van der Waals surface area contributed by atoms with Gasteiger partial charge in [0.25, 0.3) is 0 Å². The molecule has 1 aliphatic heterocycles. The van der Waals surface area contributed by atoms with E-state index in [-0.39, 0.29) is 11.1 Å². The van der Waals surface area contributed by atoms with Crippen molar-refractivity contribution in [1.29, 1.82) is 5.26 Å². The maximum absolute atomic E-state index is 10.9. The Morgan fingerprint density at radius 3 is 2.69 bits per heavy atom. The Hall–Kier alpha value is -4.38. The van der Waals surface area contributed by atoms with Crippen molar-refractivity contribution in [2.75, 3.05) is 10.6 Å². The molecule has 0 aliphatic carbocycles. The second-order valence-electron chi connectivity index (χ2n) is 6.16. The van der Waals surface area contributed by atoms with Gasteiger partial charge in [-0.25, -0.2) is 14.8 Å². The molecule has 0 atom stereocenters. The number of carbonyl (C=O) groups is 1. The number of carboxylic acids is 1. The molecule has 142 valence electrons. The predicted molar refractivity (Wildman–Crippen MR) is 106 cm³/mol. The Bertz CT molecular complexity index is 1120. The zero-order valence-electron chi connectivity index (χ0n) is 15.1. The van der Waals surface area contributed by atoms with Gasteiger partial charge in [0.2, 0.25) is 11.8 Å². The molecule has 3 aromatic rings. The molecule has 8 heteroatoms. The molecule has 0 amide bonds. The summed E-state index contributed by atoms with van der Waals surface area (Å²) in [4.78, 5) is 19.5. The largest absolute Gasteiger partial charge is 0.478 e. The van der Waals surface area contributed by atoms with Gasteiger partial charge in [0.05, 0.1) is 16.9 Å². The van der Waals surface area contributed by atoms with Gasteiger partial charge in [-0.1, -0.05) is 24.3 Å². The van der Waals surface area contributed by atoms with Gasteiger partial charge in [-0.15, -0.1) is 0 Å². The number of rotatable bonds is 5. The number of fused-ring (bicyclic) bond motifs is 1. The smallest absolute Gasteiger partial charge is 0.335 e. The van der Waals surface area contributed by atoms with Crippen molar-refractivity contribution in [2.24, 2.45) is 0 Å². The lowest BCUT2D eigenvalue weighted by Crippen LogP contribution is -2.07. The zero-order valence-corrected chi connectivity index (χ0v) is 15.1. The van der Waals surface area contributed by atoms with Crippen molar-refractivity contribution < 1.29 is 14.6 Å². The van der Waals surface area contributed by atoms with Gasteiger partial charge >= 0.3 is 5.97 Å². The van der Waals surface area contributed by atoms with Crippen LogP contribution in [0.15, 0.2) is 66.7 Å². The van der Waals surface area contributed by atoms with Crippen LogP contribution in [0.3, 0.4) is 0 Å². The second kappa shape index (κ2) is 7.70. The number of nitrogens with zero attached hydrogens (tertiary/aromatic N) is 3. The highest BCUT2D eigenvalue weighted by atomic mass is 16.5. The molecule has 0 spiro atoms. The van der Waals surface area contributed by atoms with Gasteiger partial charge in [0, 0.05) is 12.7 Å². The third-order valence-corrected chi connectivity index (χ3v) is 4.25. The SMILES string of the molecule is N#CC(=C1Nc2ccccc2O1)c1ccnc(NCc2ccc(C(=O)O)cc2)n1. The molecule has 2 heterocycles. The van der Waals surface area contributed by atoms with Crippen LogP contribution in [-0.2, 0) is 6.54 Å². The summed E-state index contributed by atoms with van der Waals surface area (Å²) < 4.78 is 5.73. The minimum Gasteiger partial charge on any atom is -0.478 e. The van der Waals surface area contributed by atoms with Crippen molar-refractivity contribution in [3.8, 4) is 11.8 Å². The first-order valence-electron chi connectivity index (χ1n) is 8.72. The Kier molecular flexibility index (Phi) is 4.78. The Labute approximate surface area is 166 Å². The number of aromatic carboxylic acids is 1. The van der Waals surface area contributed by atoms with Gasteiger partial charge in [0.15, 0.2) is 5.75 Å². The third kappa shape index (κ3) is 3.84. The van der Waals surface area contributed by atoms with E-state index in [0.717, 1.165) is 11.3 Å². The summed E-state index contributed by atoms with van der Waals surface area (Å²) >= 11 is 0. The lowest BCUT2D eigenvalue weighted by molar-refractivity contribution is 0.0697. The molecule has 1 aliphatic rings. The molecule has 0 unspecified atom stereocenters. The Morgan fingerprint density at radius 1 is 1.17 bits per heavy atom. The van der Waals surface area contributed by atoms with Crippen LogP contribution in [0.25, 0.3) is 5.57 Å². The van der Waals surface area contributed by atoms with E-state index in [2.05, 4.69) is 26.7 Å². The van der Waals surface area contributed by atoms with Crippen LogP contribution in [0.2, 0.25) is 0 Å². The number of para-hydroxylation sites is 2. The molecule has 8 nitrogen and oxygen atoms in total. The Balaban J connectivity index is 1.52. The number of benzene rings is 2. The summed E-state index contributed by atoms with van der Waals surface area (Å²) in [5.74, 6) is 0.339. The summed E-state index contributed by atoms with van der Waals surface area (Å²) in [7, 11) is 0. The minimum atomic E-state index is -0.970. The van der Waals surface area contributed by atoms with E-state index in [9.17, 15) is 10.1 Å². The highest BCUT2D eigenvalue weighted by Gasteiger charge is 2.21. The third-order valence-electron chi connectivity index (χ3n) is 4.25. The summed E-state index contributed by atoms with van der Waals surface area (Å²) in [5.41, 5.74) is 2.56. The lowest BCUT2D eigenvalue weighted by Gasteiger charge is -2.08. The van der Waals surface area contributed by atoms with Crippen LogP contribution in [-0.4, -0.2) is 21.0 Å². The predicted octanol–water partition coefficient (Wildman–Crippen LogP) is 3.48. The van der Waals surface area contributed by atoms with Crippen molar-refractivity contribution in [1.82, 2.24) is 9.97 Å². The molecule has 0 saturated heterocycles. The van der Waals surface area contributed by atoms with E-state index in [4.69, 9.17) is 9.84 Å². The summed E-state index contributed by atoms with van der Waals surface area (Å²) in [6, 6.07) is 17.7. The molecule has 0 radical (unpaired) electrons. The quantitative estimate of drug-likeness (QED) is 0.571. The number of carboxylic acid groups (broad SMARTS) is 1. The normalized spacial score (nSPS) is 13.5. The summed E-state index contributed by atoms with van der Waals surface area (Å²) in [5, 5.41) is 24.7. The molecule has 0 bridgehead atoms. The van der Waals surface area contributed by atoms with Crippen molar-refractivity contribution in [2.45, 2.75) is 6.54 Å². The van der Waals surface area contributed by atoms with Crippen LogP contribution in [0, 0.1) is 11.3 Å². The first-order chi connectivity index (χ1) is 14.1. The molecule has 4 rings (SSSR count). The van der Waals surface area contributed by atoms with Crippen molar-refractivity contribution >= 4 is 23.2 Å². The molecule has 3 N–H and O–H groups in total. The monoisotopic (exact) mass is 385 g/mol. The van der Waals surface area contributed by atoms with Crippen LogP contribution < -0.4 is 15.4 Å². The van der Waals surface area contributed by atoms with E-state index in [1.54, 1.807) is 24.4 Å². The lowest BCUT2D eigenvalue weighted by atomic mass is 10.1. The summed E-state index contributed by atoms with van der Waals surface area (Å²) in [6.07, 6.45) is 1.55. The fourth-order valence-electron chi connectivity index (χ4n) is 2.78. The second-order valence-corrected chi connectivity index (χ2v) is 6.16. The van der Waals surface area contributed by atoms with Crippen LogP contribution >= 0.6 is 0 Å². The van der Waals surface area contributed by atoms with Gasteiger partial charge < -0.3 is 20.5 Å². The number of hydrogen-bond donors (Lipinski definition) is 3. The van der Waals surface area contributed by atoms with Crippen molar-refractivity contribution in [3.05, 3.63) is 83.5 Å². The standard InChI is InChI=1S/C21H15N5O3/c22-11-15(19-25-17-3-1-2-4-18(17)29-19)16-9-10-23-21(26-16)24-12-13-5-7-14(8-6-13)20(27)28/h1-10,25H,12H2,(H,27,28)(H,23,24,26). The number of allylic oxidation sites excluding steroid dienone is 1. The molecule has 0 fully saturated rings. The number of anilines is 2.